The highest BCUT2D eigenvalue weighted by Crippen LogP contribution is 2.36. The summed E-state index contributed by atoms with van der Waals surface area (Å²) >= 11 is 0. The number of rotatable bonds is 6. The maximum Gasteiger partial charge on any atom is 0.303 e. The molecule has 2 aromatic heterocycles. The molecule has 0 amide bonds. The Bertz CT molecular complexity index is 915. The van der Waals surface area contributed by atoms with Gasteiger partial charge in [-0.1, -0.05) is 0 Å². The Hall–Kier alpha value is -2.99. The first kappa shape index (κ1) is 20.7. The third-order valence-electron chi connectivity index (χ3n) is 4.43. The predicted octanol–water partition coefficient (Wildman–Crippen LogP) is -0.118. The molecule has 4 atom stereocenters. The number of hydrogen-bond donors (Lipinski definition) is 1. The molecule has 1 aliphatic rings. The predicted molar refractivity (Wildman–Crippen MR) is 101 cm³/mol. The second-order valence-corrected chi connectivity index (χ2v) is 6.77. The number of imidazole rings is 1. The van der Waals surface area contributed by atoms with E-state index in [9.17, 15) is 9.59 Å². The van der Waals surface area contributed by atoms with E-state index in [1.54, 1.807) is 9.47 Å². The summed E-state index contributed by atoms with van der Waals surface area (Å²) in [5.41, 5.74) is 6.83. The summed E-state index contributed by atoms with van der Waals surface area (Å²) in [6, 6.07) is 0. The topological polar surface area (TPSA) is 144 Å². The summed E-state index contributed by atoms with van der Waals surface area (Å²) in [6.07, 6.45) is -1.45. The summed E-state index contributed by atoms with van der Waals surface area (Å²) in [7, 11) is 5.10. The van der Waals surface area contributed by atoms with Crippen LogP contribution >= 0.6 is 0 Å². The van der Waals surface area contributed by atoms with Crippen molar-refractivity contribution in [3.05, 3.63) is 6.33 Å². The van der Waals surface area contributed by atoms with Gasteiger partial charge in [-0.3, -0.25) is 14.2 Å². The van der Waals surface area contributed by atoms with Crippen molar-refractivity contribution in [3.63, 3.8) is 0 Å². The lowest BCUT2D eigenvalue weighted by atomic mass is 10.1. The molecule has 2 aromatic rings. The molecule has 0 aromatic carbocycles. The molecular weight excluding hydrogens is 384 g/mol. The van der Waals surface area contributed by atoms with Crippen molar-refractivity contribution in [1.29, 1.82) is 0 Å². The van der Waals surface area contributed by atoms with E-state index in [1.165, 1.54) is 27.3 Å². The van der Waals surface area contributed by atoms with E-state index < -0.39 is 36.5 Å². The molecule has 12 heteroatoms. The Morgan fingerprint density at radius 1 is 1.24 bits per heavy atom. The lowest BCUT2D eigenvalue weighted by Crippen LogP contribution is -2.39. The van der Waals surface area contributed by atoms with E-state index in [1.807, 2.05) is 14.1 Å². The maximum absolute atomic E-state index is 11.6. The number of anilines is 2. The van der Waals surface area contributed by atoms with Crippen molar-refractivity contribution >= 4 is 34.9 Å². The highest BCUT2D eigenvalue weighted by molar-refractivity contribution is 5.84. The second-order valence-electron chi connectivity index (χ2n) is 6.77. The third kappa shape index (κ3) is 4.07. The molecule has 0 bridgehead atoms. The van der Waals surface area contributed by atoms with Gasteiger partial charge in [0.05, 0.1) is 6.33 Å². The third-order valence-corrected chi connectivity index (χ3v) is 4.43. The molecule has 158 valence electrons. The second kappa shape index (κ2) is 8.17. The first-order chi connectivity index (χ1) is 13.7. The number of hydrogen-bond acceptors (Lipinski definition) is 11. The molecule has 0 radical (unpaired) electrons. The highest BCUT2D eigenvalue weighted by atomic mass is 16.6. The smallest absolute Gasteiger partial charge is 0.303 e. The van der Waals surface area contributed by atoms with Crippen LogP contribution in [0, 0.1) is 0 Å². The van der Waals surface area contributed by atoms with Crippen LogP contribution in [0.1, 0.15) is 20.1 Å². The average molecular weight is 408 g/mol. The van der Waals surface area contributed by atoms with Crippen molar-refractivity contribution in [2.75, 3.05) is 38.4 Å². The number of nitrogen functional groups attached to an aromatic ring is 1. The molecule has 29 heavy (non-hydrogen) atoms. The molecule has 0 saturated carbocycles. The number of nitrogens with two attached hydrogens (primary N) is 1. The number of ether oxygens (including phenoxy) is 4. The molecule has 1 unspecified atom stereocenters. The number of esters is 2. The lowest BCUT2D eigenvalue weighted by Gasteiger charge is -2.23. The van der Waals surface area contributed by atoms with Crippen molar-refractivity contribution in [3.8, 4) is 0 Å². The fraction of sp³-hybridized carbons (Fsp3) is 0.588. The zero-order valence-electron chi connectivity index (χ0n) is 16.9. The fourth-order valence-electron chi connectivity index (χ4n) is 3.27. The fourth-order valence-corrected chi connectivity index (χ4v) is 3.27. The van der Waals surface area contributed by atoms with Crippen LogP contribution in [-0.4, -0.2) is 77.6 Å². The van der Waals surface area contributed by atoms with Crippen LogP contribution < -0.4 is 10.6 Å². The summed E-state index contributed by atoms with van der Waals surface area (Å²) in [5, 5.41) is 0. The normalized spacial score (nSPS) is 23.9. The van der Waals surface area contributed by atoms with E-state index in [0.29, 0.717) is 17.0 Å². The van der Waals surface area contributed by atoms with Gasteiger partial charge >= 0.3 is 11.9 Å². The van der Waals surface area contributed by atoms with Gasteiger partial charge in [0.25, 0.3) is 0 Å². The molecule has 0 aliphatic carbocycles. The van der Waals surface area contributed by atoms with Gasteiger partial charge in [-0.05, 0) is 0 Å². The minimum Gasteiger partial charge on any atom is -0.463 e. The molecular formula is C17H24N6O6. The minimum atomic E-state index is -0.799. The average Bonchev–Trinajstić information content (AvgIpc) is 3.19. The van der Waals surface area contributed by atoms with Crippen LogP contribution in [0.15, 0.2) is 6.33 Å². The van der Waals surface area contributed by atoms with Gasteiger partial charge < -0.3 is 29.6 Å². The number of fused-ring (bicyclic) bond motifs is 1. The van der Waals surface area contributed by atoms with Crippen molar-refractivity contribution < 1.29 is 28.5 Å². The summed E-state index contributed by atoms with van der Waals surface area (Å²) in [6.45, 7) is 2.47. The first-order valence-corrected chi connectivity index (χ1v) is 8.89. The minimum absolute atomic E-state index is 0.0721. The van der Waals surface area contributed by atoms with Gasteiger partial charge in [-0.25, -0.2) is 4.98 Å². The summed E-state index contributed by atoms with van der Waals surface area (Å²) in [4.78, 5) is 37.5. The van der Waals surface area contributed by atoms with Crippen LogP contribution in [0.2, 0.25) is 0 Å². The quantitative estimate of drug-likeness (QED) is 0.639. The van der Waals surface area contributed by atoms with Gasteiger partial charge in [-0.2, -0.15) is 9.97 Å². The van der Waals surface area contributed by atoms with Crippen molar-refractivity contribution in [2.24, 2.45) is 0 Å². The maximum atomic E-state index is 11.6. The number of carbonyl (C=O) groups is 2. The number of nitrogens with zero attached hydrogens (tertiary/aromatic N) is 5. The first-order valence-electron chi connectivity index (χ1n) is 8.89. The standard InChI is InChI=1S/C17H24N6O6/c1-8(24)27-6-10-12(28-9(2)25)13(26-5)16(29-10)23-7-19-11-14(22(3)4)20-17(18)21-15(11)23/h7,10,12-13,16H,6H2,1-5H3,(H2,18,20,21)/t10-,12?,13+,16-/m1/s1. The molecule has 0 spiro atoms. The largest absolute Gasteiger partial charge is 0.463 e. The summed E-state index contributed by atoms with van der Waals surface area (Å²) in [5.74, 6) is -0.364. The Morgan fingerprint density at radius 3 is 2.55 bits per heavy atom. The Morgan fingerprint density at radius 2 is 1.97 bits per heavy atom. The van der Waals surface area contributed by atoms with E-state index in [-0.39, 0.29) is 12.6 Å². The summed E-state index contributed by atoms with van der Waals surface area (Å²) < 4.78 is 23.7. The zero-order valence-corrected chi connectivity index (χ0v) is 16.9. The van der Waals surface area contributed by atoms with Gasteiger partial charge in [0.15, 0.2) is 29.3 Å². The van der Waals surface area contributed by atoms with Crippen LogP contribution in [0.25, 0.3) is 11.2 Å². The van der Waals surface area contributed by atoms with Crippen LogP contribution in [0.4, 0.5) is 11.8 Å². The molecule has 1 fully saturated rings. The Labute approximate surface area is 166 Å². The van der Waals surface area contributed by atoms with Crippen LogP contribution in [0.3, 0.4) is 0 Å². The number of methoxy groups -OCH3 is 1. The van der Waals surface area contributed by atoms with E-state index in [0.717, 1.165) is 0 Å². The van der Waals surface area contributed by atoms with Gasteiger partial charge in [-0.15, -0.1) is 0 Å². The van der Waals surface area contributed by atoms with Crippen molar-refractivity contribution in [1.82, 2.24) is 19.5 Å². The molecule has 3 rings (SSSR count). The Balaban J connectivity index is 2.02. The van der Waals surface area contributed by atoms with Gasteiger partial charge in [0.1, 0.15) is 18.8 Å². The number of aromatic nitrogens is 4. The number of carbonyl (C=O) groups excluding carboxylic acids is 2. The van der Waals surface area contributed by atoms with Gasteiger partial charge in [0, 0.05) is 35.1 Å². The van der Waals surface area contributed by atoms with E-state index in [2.05, 4.69) is 15.0 Å². The molecule has 3 heterocycles. The van der Waals surface area contributed by atoms with Gasteiger partial charge in [0.2, 0.25) is 5.95 Å². The SMILES string of the molecule is CO[C@H]1C(OC(C)=O)[C@@H](COC(C)=O)O[C@H]1n1cnc2c(N(C)C)nc(N)nc21. The Kier molecular flexibility index (Phi) is 5.84. The molecule has 2 N–H and O–H groups in total. The monoisotopic (exact) mass is 408 g/mol. The molecule has 12 nitrogen and oxygen atoms in total. The zero-order chi connectivity index (χ0) is 21.3. The highest BCUT2D eigenvalue weighted by Gasteiger charge is 2.49. The van der Waals surface area contributed by atoms with E-state index >= 15 is 0 Å². The van der Waals surface area contributed by atoms with E-state index in [4.69, 9.17) is 24.7 Å². The molecule has 1 aliphatic heterocycles. The van der Waals surface area contributed by atoms with Crippen molar-refractivity contribution in [2.45, 2.75) is 38.4 Å². The van der Waals surface area contributed by atoms with Crippen LogP contribution in [0.5, 0.6) is 0 Å². The molecule has 1 saturated heterocycles. The lowest BCUT2D eigenvalue weighted by molar-refractivity contribution is -0.157. The van der Waals surface area contributed by atoms with Crippen LogP contribution in [-0.2, 0) is 28.5 Å².